The predicted octanol–water partition coefficient (Wildman–Crippen LogP) is 5.98. The monoisotopic (exact) mass is 517 g/mol. The van der Waals surface area contributed by atoms with Gasteiger partial charge in [0.15, 0.2) is 0 Å². The minimum absolute atomic E-state index is 0.0133. The van der Waals surface area contributed by atoms with Crippen molar-refractivity contribution in [3.63, 3.8) is 0 Å². The molecule has 1 N–H and O–H groups in total. The van der Waals surface area contributed by atoms with Crippen LogP contribution in [0, 0.1) is 12.7 Å². The molecule has 0 radical (unpaired) electrons. The van der Waals surface area contributed by atoms with Crippen molar-refractivity contribution in [2.45, 2.75) is 46.3 Å². The van der Waals surface area contributed by atoms with Gasteiger partial charge in [-0.1, -0.05) is 24.3 Å². The van der Waals surface area contributed by atoms with Crippen molar-refractivity contribution in [2.24, 2.45) is 0 Å². The van der Waals surface area contributed by atoms with Gasteiger partial charge >= 0.3 is 0 Å². The molecule has 198 valence electrons. The second kappa shape index (κ2) is 11.5. The van der Waals surface area contributed by atoms with Crippen LogP contribution in [-0.4, -0.2) is 41.0 Å². The Morgan fingerprint density at radius 2 is 1.79 bits per heavy atom. The molecule has 0 aromatic heterocycles. The molecule has 3 aromatic rings. The summed E-state index contributed by atoms with van der Waals surface area (Å²) in [5.41, 5.74) is 2.70. The van der Waals surface area contributed by atoms with Crippen LogP contribution >= 0.6 is 0 Å². The summed E-state index contributed by atoms with van der Waals surface area (Å²) < 4.78 is 24.9. The topological polar surface area (TPSA) is 76.1 Å². The SMILES string of the molecule is CCOc1ccc(/C(O)=C2\C(=O)C(=O)N(CCc3ccc(F)cc3)C2c2cccc(OC(C)C)c2)cc1C. The molecule has 6 nitrogen and oxygen atoms in total. The Bertz CT molecular complexity index is 1360. The van der Waals surface area contributed by atoms with Crippen LogP contribution in [0.4, 0.5) is 4.39 Å². The summed E-state index contributed by atoms with van der Waals surface area (Å²) in [6.45, 7) is 8.27. The molecule has 1 aliphatic heterocycles. The summed E-state index contributed by atoms with van der Waals surface area (Å²) in [7, 11) is 0. The van der Waals surface area contributed by atoms with Gasteiger partial charge in [-0.3, -0.25) is 9.59 Å². The van der Waals surface area contributed by atoms with E-state index in [4.69, 9.17) is 9.47 Å². The van der Waals surface area contributed by atoms with E-state index in [0.29, 0.717) is 35.7 Å². The number of amides is 1. The average Bonchev–Trinajstić information content (AvgIpc) is 3.14. The first-order chi connectivity index (χ1) is 18.2. The van der Waals surface area contributed by atoms with E-state index in [-0.39, 0.29) is 29.8 Å². The van der Waals surface area contributed by atoms with Crippen LogP contribution in [0.15, 0.2) is 72.3 Å². The van der Waals surface area contributed by atoms with Crippen molar-refractivity contribution in [3.05, 3.63) is 100 Å². The van der Waals surface area contributed by atoms with Gasteiger partial charge in [0.2, 0.25) is 0 Å². The van der Waals surface area contributed by atoms with Crippen molar-refractivity contribution in [2.75, 3.05) is 13.2 Å². The number of hydrogen-bond donors (Lipinski definition) is 1. The van der Waals surface area contributed by atoms with Gasteiger partial charge in [0.05, 0.1) is 24.3 Å². The standard InChI is InChI=1S/C31H32FNO5/c1-5-37-26-14-11-23(17-20(26)4)29(34)27-28(22-7-6-8-25(18-22)38-19(2)3)33(31(36)30(27)35)16-15-21-9-12-24(32)13-10-21/h6-14,17-19,28,34H,5,15-16H2,1-4H3/b29-27+. The maximum absolute atomic E-state index is 13.4. The van der Waals surface area contributed by atoms with Gasteiger partial charge < -0.3 is 19.5 Å². The molecular formula is C31H32FNO5. The van der Waals surface area contributed by atoms with Crippen molar-refractivity contribution < 1.29 is 28.6 Å². The Morgan fingerprint density at radius 1 is 1.05 bits per heavy atom. The number of benzene rings is 3. The molecule has 3 aromatic carbocycles. The van der Waals surface area contributed by atoms with Crippen LogP contribution in [0.1, 0.15) is 49.1 Å². The zero-order valence-corrected chi connectivity index (χ0v) is 22.0. The molecule has 0 aliphatic carbocycles. The van der Waals surface area contributed by atoms with Gasteiger partial charge in [-0.2, -0.15) is 0 Å². The molecule has 1 heterocycles. The first-order valence-electron chi connectivity index (χ1n) is 12.7. The van der Waals surface area contributed by atoms with E-state index in [1.165, 1.54) is 17.0 Å². The lowest BCUT2D eigenvalue weighted by Gasteiger charge is -2.26. The van der Waals surface area contributed by atoms with Crippen LogP contribution < -0.4 is 9.47 Å². The van der Waals surface area contributed by atoms with E-state index in [1.54, 1.807) is 42.5 Å². The number of carbonyl (C=O) groups excluding carboxylic acids is 2. The quantitative estimate of drug-likeness (QED) is 0.215. The number of nitrogens with zero attached hydrogens (tertiary/aromatic N) is 1. The van der Waals surface area contributed by atoms with E-state index in [1.807, 2.05) is 39.8 Å². The zero-order chi connectivity index (χ0) is 27.4. The summed E-state index contributed by atoms with van der Waals surface area (Å²) in [6.07, 6.45) is 0.343. The van der Waals surface area contributed by atoms with Crippen LogP contribution in [0.25, 0.3) is 5.76 Å². The minimum atomic E-state index is -0.821. The highest BCUT2D eigenvalue weighted by molar-refractivity contribution is 6.46. The Balaban J connectivity index is 1.79. The molecule has 4 rings (SSSR count). The van der Waals surface area contributed by atoms with E-state index in [0.717, 1.165) is 11.1 Å². The maximum atomic E-state index is 13.4. The van der Waals surface area contributed by atoms with E-state index >= 15 is 0 Å². The lowest BCUT2D eigenvalue weighted by atomic mass is 9.94. The summed E-state index contributed by atoms with van der Waals surface area (Å²) in [6, 6.07) is 17.6. The second-order valence-electron chi connectivity index (χ2n) is 9.52. The predicted molar refractivity (Wildman–Crippen MR) is 144 cm³/mol. The number of ketones is 1. The van der Waals surface area contributed by atoms with Crippen molar-refractivity contribution in [1.82, 2.24) is 4.90 Å². The van der Waals surface area contributed by atoms with Gasteiger partial charge in [0.25, 0.3) is 11.7 Å². The minimum Gasteiger partial charge on any atom is -0.507 e. The number of aliphatic hydroxyl groups is 1. The molecule has 1 atom stereocenters. The Hall–Kier alpha value is -4.13. The molecule has 38 heavy (non-hydrogen) atoms. The van der Waals surface area contributed by atoms with Crippen LogP contribution in [0.5, 0.6) is 11.5 Å². The molecule has 7 heteroatoms. The summed E-state index contributed by atoms with van der Waals surface area (Å²) in [4.78, 5) is 28.1. The maximum Gasteiger partial charge on any atom is 0.295 e. The van der Waals surface area contributed by atoms with Crippen molar-refractivity contribution >= 4 is 17.4 Å². The first-order valence-corrected chi connectivity index (χ1v) is 12.7. The lowest BCUT2D eigenvalue weighted by molar-refractivity contribution is -0.139. The molecule has 1 amide bonds. The molecular weight excluding hydrogens is 485 g/mol. The van der Waals surface area contributed by atoms with Crippen LogP contribution in [-0.2, 0) is 16.0 Å². The van der Waals surface area contributed by atoms with Crippen molar-refractivity contribution in [1.29, 1.82) is 0 Å². The fraction of sp³-hybridized carbons (Fsp3) is 0.290. The zero-order valence-electron chi connectivity index (χ0n) is 22.0. The van der Waals surface area contributed by atoms with Gasteiger partial charge in [0.1, 0.15) is 23.1 Å². The average molecular weight is 518 g/mol. The van der Waals surface area contributed by atoms with Crippen molar-refractivity contribution in [3.8, 4) is 11.5 Å². The number of Topliss-reactive ketones (excluding diaryl/α,β-unsaturated/α-hetero) is 1. The molecule has 1 aliphatic rings. The van der Waals surface area contributed by atoms with E-state index < -0.39 is 17.7 Å². The highest BCUT2D eigenvalue weighted by atomic mass is 19.1. The summed E-state index contributed by atoms with van der Waals surface area (Å²) in [5, 5.41) is 11.4. The Kier molecular flexibility index (Phi) is 8.15. The fourth-order valence-electron chi connectivity index (χ4n) is 4.66. The van der Waals surface area contributed by atoms with Gasteiger partial charge in [0, 0.05) is 12.1 Å². The third-order valence-electron chi connectivity index (χ3n) is 6.39. The number of rotatable bonds is 9. The number of ether oxygens (including phenoxy) is 2. The summed E-state index contributed by atoms with van der Waals surface area (Å²) >= 11 is 0. The van der Waals surface area contributed by atoms with Gasteiger partial charge in [-0.05, 0) is 93.3 Å². The normalized spacial score (nSPS) is 16.8. The smallest absolute Gasteiger partial charge is 0.295 e. The largest absolute Gasteiger partial charge is 0.507 e. The Morgan fingerprint density at radius 3 is 2.45 bits per heavy atom. The molecule has 0 saturated carbocycles. The number of aryl methyl sites for hydroxylation is 1. The third-order valence-corrected chi connectivity index (χ3v) is 6.39. The number of likely N-dealkylation sites (tertiary alicyclic amines) is 1. The number of aliphatic hydroxyl groups excluding tert-OH is 1. The number of halogens is 1. The van der Waals surface area contributed by atoms with Crippen LogP contribution in [0.3, 0.4) is 0 Å². The highest BCUT2D eigenvalue weighted by Gasteiger charge is 2.46. The Labute approximate surface area is 222 Å². The molecule has 0 spiro atoms. The number of hydrogen-bond acceptors (Lipinski definition) is 5. The highest BCUT2D eigenvalue weighted by Crippen LogP contribution is 2.41. The van der Waals surface area contributed by atoms with E-state index in [2.05, 4.69) is 0 Å². The molecule has 1 unspecified atom stereocenters. The summed E-state index contributed by atoms with van der Waals surface area (Å²) in [5.74, 6) is -0.775. The van der Waals surface area contributed by atoms with Gasteiger partial charge in [-0.15, -0.1) is 0 Å². The number of carbonyl (C=O) groups is 2. The van der Waals surface area contributed by atoms with Gasteiger partial charge in [-0.25, -0.2) is 4.39 Å². The molecule has 1 saturated heterocycles. The van der Waals surface area contributed by atoms with Crippen LogP contribution in [0.2, 0.25) is 0 Å². The molecule has 0 bridgehead atoms. The van der Waals surface area contributed by atoms with E-state index in [9.17, 15) is 19.1 Å². The first kappa shape index (κ1) is 26.9. The second-order valence-corrected chi connectivity index (χ2v) is 9.52. The fourth-order valence-corrected chi connectivity index (χ4v) is 4.66. The third kappa shape index (κ3) is 5.72. The molecule has 1 fully saturated rings. The lowest BCUT2D eigenvalue weighted by Crippen LogP contribution is -2.31.